The first-order valence-corrected chi connectivity index (χ1v) is 9.08. The Balaban J connectivity index is 1.63. The third-order valence-electron chi connectivity index (χ3n) is 5.73. The van der Waals surface area contributed by atoms with Gasteiger partial charge in [0.15, 0.2) is 6.10 Å². The van der Waals surface area contributed by atoms with Gasteiger partial charge in [0, 0.05) is 11.3 Å². The van der Waals surface area contributed by atoms with Crippen molar-refractivity contribution in [1.29, 1.82) is 0 Å². The molecule has 0 unspecified atom stereocenters. The third-order valence-corrected chi connectivity index (χ3v) is 5.73. The van der Waals surface area contributed by atoms with Crippen LogP contribution < -0.4 is 0 Å². The van der Waals surface area contributed by atoms with Gasteiger partial charge in [-0.15, -0.1) is 0 Å². The fraction of sp³-hybridized carbons (Fsp3) is 0.364. The van der Waals surface area contributed by atoms with Gasteiger partial charge >= 0.3 is 6.09 Å². The molecule has 26 heavy (non-hydrogen) atoms. The van der Waals surface area contributed by atoms with Crippen LogP contribution in [0.25, 0.3) is 0 Å². The molecule has 2 aliphatic rings. The van der Waals surface area contributed by atoms with E-state index in [1.807, 2.05) is 55.5 Å². The molecule has 4 rings (SSSR count). The lowest BCUT2D eigenvalue weighted by atomic mass is 9.82. The summed E-state index contributed by atoms with van der Waals surface area (Å²) in [7, 11) is 0. The van der Waals surface area contributed by atoms with Gasteiger partial charge in [-0.3, -0.25) is 4.79 Å². The number of hydrogen-bond donors (Lipinski definition) is 0. The van der Waals surface area contributed by atoms with E-state index in [9.17, 15) is 9.59 Å². The average molecular weight is 349 g/mol. The highest BCUT2D eigenvalue weighted by Crippen LogP contribution is 2.52. The van der Waals surface area contributed by atoms with Crippen LogP contribution in [0.4, 0.5) is 4.79 Å². The molecule has 2 aromatic rings. The highest BCUT2D eigenvalue weighted by molar-refractivity contribution is 5.95. The maximum Gasteiger partial charge on any atom is 0.417 e. The largest absolute Gasteiger partial charge is 0.439 e. The number of fused-ring (bicyclic) bond motifs is 3. The molecule has 0 spiro atoms. The number of imide groups is 1. The van der Waals surface area contributed by atoms with Gasteiger partial charge < -0.3 is 4.74 Å². The van der Waals surface area contributed by atoms with Crippen LogP contribution in [0, 0.1) is 5.92 Å². The number of carbonyl (C=O) groups excluding carboxylic acids is 2. The van der Waals surface area contributed by atoms with Crippen LogP contribution in [-0.4, -0.2) is 22.9 Å². The van der Waals surface area contributed by atoms with Gasteiger partial charge in [-0.2, -0.15) is 0 Å². The molecule has 0 bridgehead atoms. The highest BCUT2D eigenvalue weighted by atomic mass is 16.6. The fourth-order valence-corrected chi connectivity index (χ4v) is 4.42. The van der Waals surface area contributed by atoms with Crippen molar-refractivity contribution in [3.8, 4) is 0 Å². The molecule has 1 saturated heterocycles. The predicted molar refractivity (Wildman–Crippen MR) is 98.6 cm³/mol. The molecule has 134 valence electrons. The molecular formula is C22H23NO3. The lowest BCUT2D eigenvalue weighted by Crippen LogP contribution is -2.49. The van der Waals surface area contributed by atoms with E-state index in [0.29, 0.717) is 6.42 Å². The lowest BCUT2D eigenvalue weighted by Gasteiger charge is -2.32. The van der Waals surface area contributed by atoms with E-state index >= 15 is 0 Å². The maximum atomic E-state index is 13.2. The zero-order valence-corrected chi connectivity index (χ0v) is 15.3. The molecule has 1 heterocycles. The summed E-state index contributed by atoms with van der Waals surface area (Å²) in [6, 6.07) is 17.6. The van der Waals surface area contributed by atoms with E-state index < -0.39 is 6.09 Å². The summed E-state index contributed by atoms with van der Waals surface area (Å²) in [5.41, 5.74) is 2.92. The smallest absolute Gasteiger partial charge is 0.417 e. The Morgan fingerprint density at radius 3 is 2.50 bits per heavy atom. The standard InChI is InChI=1S/C22H23NO3/c1-14(13-15-9-5-4-6-10-15)20(24)23-19-18(26-21(23)25)16-11-7-8-12-17(16)22(19,2)3/h4-12,14,18-19H,13H2,1-3H3/t14-,18-,19-/m1/s1. The average Bonchev–Trinajstić information content (AvgIpc) is 3.09. The van der Waals surface area contributed by atoms with Crippen LogP contribution in [0.2, 0.25) is 0 Å². The van der Waals surface area contributed by atoms with Crippen molar-refractivity contribution in [2.45, 2.75) is 44.8 Å². The minimum absolute atomic E-state index is 0.160. The molecule has 0 N–H and O–H groups in total. The first kappa shape index (κ1) is 16.8. The van der Waals surface area contributed by atoms with Gasteiger partial charge in [0.05, 0.1) is 6.04 Å². The molecule has 4 nitrogen and oxygen atoms in total. The van der Waals surface area contributed by atoms with E-state index in [4.69, 9.17) is 4.74 Å². The molecule has 1 fully saturated rings. The number of ether oxygens (including phenoxy) is 1. The van der Waals surface area contributed by atoms with Crippen LogP contribution in [-0.2, 0) is 21.4 Å². The summed E-state index contributed by atoms with van der Waals surface area (Å²) >= 11 is 0. The SMILES string of the molecule is C[C@H](Cc1ccccc1)C(=O)N1C(=O)O[C@@H]2c3ccccc3C(C)(C)[C@@H]21. The van der Waals surface area contributed by atoms with Crippen molar-refractivity contribution in [2.75, 3.05) is 0 Å². The number of nitrogens with zero attached hydrogens (tertiary/aromatic N) is 1. The minimum atomic E-state index is -0.521. The number of rotatable bonds is 3. The minimum Gasteiger partial charge on any atom is -0.439 e. The summed E-state index contributed by atoms with van der Waals surface area (Å²) in [4.78, 5) is 27.1. The van der Waals surface area contributed by atoms with Gasteiger partial charge in [0.2, 0.25) is 5.91 Å². The van der Waals surface area contributed by atoms with Crippen molar-refractivity contribution in [1.82, 2.24) is 4.90 Å². The third kappa shape index (κ3) is 2.44. The molecule has 1 aliphatic carbocycles. The van der Waals surface area contributed by atoms with E-state index in [2.05, 4.69) is 19.9 Å². The lowest BCUT2D eigenvalue weighted by molar-refractivity contribution is -0.133. The number of amides is 2. The fourth-order valence-electron chi connectivity index (χ4n) is 4.42. The van der Waals surface area contributed by atoms with Gasteiger partial charge in [-0.05, 0) is 23.1 Å². The first-order chi connectivity index (χ1) is 12.4. The second-order valence-electron chi connectivity index (χ2n) is 7.86. The van der Waals surface area contributed by atoms with Crippen LogP contribution in [0.5, 0.6) is 0 Å². The predicted octanol–water partition coefficient (Wildman–Crippen LogP) is 4.25. The van der Waals surface area contributed by atoms with Crippen molar-refractivity contribution < 1.29 is 14.3 Å². The Morgan fingerprint density at radius 2 is 1.77 bits per heavy atom. The van der Waals surface area contributed by atoms with Gasteiger partial charge in [-0.1, -0.05) is 75.4 Å². The van der Waals surface area contributed by atoms with Crippen LogP contribution in [0.15, 0.2) is 54.6 Å². The Kier molecular flexibility index (Phi) is 3.87. The van der Waals surface area contributed by atoms with Crippen molar-refractivity contribution in [2.24, 2.45) is 5.92 Å². The highest BCUT2D eigenvalue weighted by Gasteiger charge is 2.59. The second kappa shape index (κ2) is 5.97. The molecule has 0 radical (unpaired) electrons. The topological polar surface area (TPSA) is 46.6 Å². The van der Waals surface area contributed by atoms with E-state index in [1.54, 1.807) is 0 Å². The summed E-state index contributed by atoms with van der Waals surface area (Å²) in [6.07, 6.45) is -0.289. The number of benzene rings is 2. The molecule has 2 amide bonds. The zero-order valence-electron chi connectivity index (χ0n) is 15.3. The molecule has 2 aromatic carbocycles. The summed E-state index contributed by atoms with van der Waals surface area (Å²) in [5.74, 6) is -0.449. The molecule has 0 aromatic heterocycles. The van der Waals surface area contributed by atoms with Crippen molar-refractivity contribution in [3.63, 3.8) is 0 Å². The molecule has 4 heteroatoms. The summed E-state index contributed by atoms with van der Waals surface area (Å²) in [5, 5.41) is 0. The van der Waals surface area contributed by atoms with Crippen molar-refractivity contribution >= 4 is 12.0 Å². The van der Waals surface area contributed by atoms with Crippen LogP contribution in [0.1, 0.15) is 43.6 Å². The Bertz CT molecular complexity index is 859. The Hall–Kier alpha value is -2.62. The zero-order chi connectivity index (χ0) is 18.5. The van der Waals surface area contributed by atoms with E-state index in [1.165, 1.54) is 4.90 Å². The quantitative estimate of drug-likeness (QED) is 0.832. The monoisotopic (exact) mass is 349 g/mol. The van der Waals surface area contributed by atoms with Gasteiger partial charge in [0.25, 0.3) is 0 Å². The summed E-state index contributed by atoms with van der Waals surface area (Å²) in [6.45, 7) is 6.05. The van der Waals surface area contributed by atoms with Crippen LogP contribution in [0.3, 0.4) is 0 Å². The van der Waals surface area contributed by atoms with Crippen molar-refractivity contribution in [3.05, 3.63) is 71.3 Å². The maximum absolute atomic E-state index is 13.2. The number of hydrogen-bond acceptors (Lipinski definition) is 3. The summed E-state index contributed by atoms with van der Waals surface area (Å²) < 4.78 is 5.65. The van der Waals surface area contributed by atoms with E-state index in [-0.39, 0.29) is 29.4 Å². The molecular weight excluding hydrogens is 326 g/mol. The molecule has 3 atom stereocenters. The van der Waals surface area contributed by atoms with Crippen LogP contribution >= 0.6 is 0 Å². The van der Waals surface area contributed by atoms with Gasteiger partial charge in [-0.25, -0.2) is 9.69 Å². The first-order valence-electron chi connectivity index (χ1n) is 9.08. The van der Waals surface area contributed by atoms with Gasteiger partial charge in [0.1, 0.15) is 0 Å². The second-order valence-corrected chi connectivity index (χ2v) is 7.86. The van der Waals surface area contributed by atoms with E-state index in [0.717, 1.165) is 16.7 Å². The molecule has 1 aliphatic heterocycles. The Labute approximate surface area is 153 Å². The Morgan fingerprint density at radius 1 is 1.12 bits per heavy atom. The normalized spacial score (nSPS) is 24.0. The molecule has 0 saturated carbocycles. The number of carbonyl (C=O) groups is 2.